The van der Waals surface area contributed by atoms with Gasteiger partial charge in [-0.1, -0.05) is 25.5 Å². The summed E-state index contributed by atoms with van der Waals surface area (Å²) in [5.74, 6) is -0.246. The Hall–Kier alpha value is -2.37. The first kappa shape index (κ1) is 19.4. The Morgan fingerprint density at radius 1 is 1.07 bits per heavy atom. The van der Waals surface area contributed by atoms with Crippen LogP contribution < -0.4 is 5.32 Å². The summed E-state index contributed by atoms with van der Waals surface area (Å²) in [4.78, 5) is 40.4. The first-order chi connectivity index (χ1) is 13.1. The number of carbonyl (C=O) groups excluding carboxylic acids is 3. The lowest BCUT2D eigenvalue weighted by atomic mass is 10.1. The van der Waals surface area contributed by atoms with Gasteiger partial charge in [0.15, 0.2) is 0 Å². The van der Waals surface area contributed by atoms with Crippen molar-refractivity contribution in [2.45, 2.75) is 39.0 Å². The minimum Gasteiger partial charge on any atom is -0.355 e. The van der Waals surface area contributed by atoms with E-state index in [4.69, 9.17) is 0 Å². The Bertz CT molecular complexity index is 686. The van der Waals surface area contributed by atoms with Crippen LogP contribution in [0.4, 0.5) is 0 Å². The monoisotopic (exact) mass is 371 g/mol. The Balaban J connectivity index is 1.56. The van der Waals surface area contributed by atoms with E-state index in [2.05, 4.69) is 12.2 Å². The van der Waals surface area contributed by atoms with Crippen LogP contribution in [-0.4, -0.2) is 60.2 Å². The van der Waals surface area contributed by atoms with Crippen molar-refractivity contribution in [1.82, 2.24) is 15.1 Å². The van der Waals surface area contributed by atoms with E-state index in [1.165, 1.54) is 5.56 Å². The maximum atomic E-state index is 12.8. The van der Waals surface area contributed by atoms with E-state index in [1.54, 1.807) is 0 Å². The number of nitrogens with one attached hydrogen (secondary N) is 1. The van der Waals surface area contributed by atoms with E-state index in [-0.39, 0.29) is 30.1 Å². The largest absolute Gasteiger partial charge is 0.355 e. The second-order valence-electron chi connectivity index (χ2n) is 7.48. The SMILES string of the molecule is CCCCc1ccc(C(=O)N2CCCN(C(=O)C3CNC(=O)C3)CC2)cc1. The summed E-state index contributed by atoms with van der Waals surface area (Å²) in [6, 6.07) is 7.91. The molecule has 2 aliphatic heterocycles. The highest BCUT2D eigenvalue weighted by Crippen LogP contribution is 2.16. The van der Waals surface area contributed by atoms with Crippen molar-refractivity contribution in [2.75, 3.05) is 32.7 Å². The van der Waals surface area contributed by atoms with Crippen molar-refractivity contribution >= 4 is 17.7 Å². The maximum absolute atomic E-state index is 12.8. The third-order valence-electron chi connectivity index (χ3n) is 5.44. The van der Waals surface area contributed by atoms with Crippen LogP contribution in [0.3, 0.4) is 0 Å². The van der Waals surface area contributed by atoms with Crippen LogP contribution in [0.1, 0.15) is 48.5 Å². The summed E-state index contributed by atoms with van der Waals surface area (Å²) in [6.07, 6.45) is 4.41. The Labute approximate surface area is 160 Å². The van der Waals surface area contributed by atoms with Gasteiger partial charge in [-0.15, -0.1) is 0 Å². The molecule has 6 heteroatoms. The zero-order valence-corrected chi connectivity index (χ0v) is 16.1. The first-order valence-electron chi connectivity index (χ1n) is 10.0. The molecule has 1 N–H and O–H groups in total. The highest BCUT2D eigenvalue weighted by molar-refractivity contribution is 5.94. The normalized spacial score (nSPS) is 20.3. The molecule has 1 atom stereocenters. The predicted octanol–water partition coefficient (Wildman–Crippen LogP) is 1.84. The van der Waals surface area contributed by atoms with Gasteiger partial charge in [0.25, 0.3) is 5.91 Å². The van der Waals surface area contributed by atoms with Crippen LogP contribution in [-0.2, 0) is 16.0 Å². The third kappa shape index (κ3) is 4.87. The van der Waals surface area contributed by atoms with Gasteiger partial charge in [0.2, 0.25) is 11.8 Å². The van der Waals surface area contributed by atoms with Crippen LogP contribution in [0.15, 0.2) is 24.3 Å². The third-order valence-corrected chi connectivity index (χ3v) is 5.44. The molecule has 2 heterocycles. The highest BCUT2D eigenvalue weighted by atomic mass is 16.2. The summed E-state index contributed by atoms with van der Waals surface area (Å²) >= 11 is 0. The van der Waals surface area contributed by atoms with E-state index in [0.29, 0.717) is 38.3 Å². The smallest absolute Gasteiger partial charge is 0.253 e. The summed E-state index contributed by atoms with van der Waals surface area (Å²) in [6.45, 7) is 4.97. The maximum Gasteiger partial charge on any atom is 0.253 e. The van der Waals surface area contributed by atoms with E-state index in [0.717, 1.165) is 25.7 Å². The molecule has 146 valence electrons. The average molecular weight is 371 g/mol. The predicted molar refractivity (Wildman–Crippen MR) is 103 cm³/mol. The number of aryl methyl sites for hydroxylation is 1. The summed E-state index contributed by atoms with van der Waals surface area (Å²) in [7, 11) is 0. The van der Waals surface area contributed by atoms with Gasteiger partial charge in [-0.3, -0.25) is 14.4 Å². The molecule has 0 aromatic heterocycles. The van der Waals surface area contributed by atoms with Crippen molar-refractivity contribution < 1.29 is 14.4 Å². The molecule has 2 fully saturated rings. The lowest BCUT2D eigenvalue weighted by molar-refractivity contribution is -0.135. The molecule has 3 amide bonds. The molecule has 1 aromatic rings. The van der Waals surface area contributed by atoms with Gasteiger partial charge < -0.3 is 15.1 Å². The number of hydrogen-bond donors (Lipinski definition) is 1. The topological polar surface area (TPSA) is 69.7 Å². The number of nitrogens with zero attached hydrogens (tertiary/aromatic N) is 2. The van der Waals surface area contributed by atoms with Crippen molar-refractivity contribution in [3.63, 3.8) is 0 Å². The number of benzene rings is 1. The van der Waals surface area contributed by atoms with E-state index in [1.807, 2.05) is 34.1 Å². The van der Waals surface area contributed by atoms with E-state index < -0.39 is 0 Å². The average Bonchev–Trinajstić information content (AvgIpc) is 2.98. The number of carbonyl (C=O) groups is 3. The number of amides is 3. The van der Waals surface area contributed by atoms with Gasteiger partial charge in [-0.25, -0.2) is 0 Å². The molecule has 6 nitrogen and oxygen atoms in total. The van der Waals surface area contributed by atoms with Crippen LogP contribution in [0.2, 0.25) is 0 Å². The van der Waals surface area contributed by atoms with Gasteiger partial charge in [-0.2, -0.15) is 0 Å². The fourth-order valence-electron chi connectivity index (χ4n) is 3.76. The molecule has 2 aliphatic rings. The minimum atomic E-state index is -0.254. The quantitative estimate of drug-likeness (QED) is 0.859. The molecule has 0 bridgehead atoms. The zero-order chi connectivity index (χ0) is 19.2. The summed E-state index contributed by atoms with van der Waals surface area (Å²) in [5.41, 5.74) is 1.97. The molecule has 2 saturated heterocycles. The van der Waals surface area contributed by atoms with Crippen molar-refractivity contribution in [1.29, 1.82) is 0 Å². The van der Waals surface area contributed by atoms with Crippen LogP contribution in [0, 0.1) is 5.92 Å². The Morgan fingerprint density at radius 3 is 2.44 bits per heavy atom. The molecule has 27 heavy (non-hydrogen) atoms. The van der Waals surface area contributed by atoms with Gasteiger partial charge in [0.05, 0.1) is 5.92 Å². The van der Waals surface area contributed by atoms with Crippen molar-refractivity contribution in [2.24, 2.45) is 5.92 Å². The molecule has 1 aromatic carbocycles. The number of hydrogen-bond acceptors (Lipinski definition) is 3. The van der Waals surface area contributed by atoms with E-state index >= 15 is 0 Å². The molecular formula is C21H29N3O3. The molecule has 0 spiro atoms. The summed E-state index contributed by atoms with van der Waals surface area (Å²) < 4.78 is 0. The van der Waals surface area contributed by atoms with Gasteiger partial charge >= 0.3 is 0 Å². The van der Waals surface area contributed by atoms with Crippen LogP contribution in [0.5, 0.6) is 0 Å². The van der Waals surface area contributed by atoms with Crippen LogP contribution >= 0.6 is 0 Å². The standard InChI is InChI=1S/C21H29N3O3/c1-2-3-5-16-6-8-17(9-7-16)20(26)23-10-4-11-24(13-12-23)21(27)18-14-19(25)22-15-18/h6-9,18H,2-5,10-15H2,1H3,(H,22,25). The summed E-state index contributed by atoms with van der Waals surface area (Å²) in [5, 5.41) is 2.72. The van der Waals surface area contributed by atoms with Gasteiger partial charge in [-0.05, 0) is 37.0 Å². The van der Waals surface area contributed by atoms with Gasteiger partial charge in [0, 0.05) is 44.7 Å². The fourth-order valence-corrected chi connectivity index (χ4v) is 3.76. The fraction of sp³-hybridized carbons (Fsp3) is 0.571. The molecule has 0 radical (unpaired) electrons. The zero-order valence-electron chi connectivity index (χ0n) is 16.1. The van der Waals surface area contributed by atoms with Crippen molar-refractivity contribution in [3.8, 4) is 0 Å². The molecule has 1 unspecified atom stereocenters. The second-order valence-corrected chi connectivity index (χ2v) is 7.48. The lowest BCUT2D eigenvalue weighted by Gasteiger charge is -2.24. The van der Waals surface area contributed by atoms with Gasteiger partial charge in [0.1, 0.15) is 0 Å². The van der Waals surface area contributed by atoms with Crippen LogP contribution in [0.25, 0.3) is 0 Å². The first-order valence-corrected chi connectivity index (χ1v) is 10.0. The Kier molecular flexibility index (Phi) is 6.48. The van der Waals surface area contributed by atoms with Crippen molar-refractivity contribution in [3.05, 3.63) is 35.4 Å². The molecule has 3 rings (SSSR count). The minimum absolute atomic E-state index is 0.0305. The molecule has 0 saturated carbocycles. The van der Waals surface area contributed by atoms with E-state index in [9.17, 15) is 14.4 Å². The molecule has 0 aliphatic carbocycles. The molecular weight excluding hydrogens is 342 g/mol. The highest BCUT2D eigenvalue weighted by Gasteiger charge is 2.32. The second kappa shape index (κ2) is 9.02. The number of rotatable bonds is 5. The lowest BCUT2D eigenvalue weighted by Crippen LogP contribution is -2.40. The Morgan fingerprint density at radius 2 is 1.78 bits per heavy atom. The number of unbranched alkanes of at least 4 members (excludes halogenated alkanes) is 1.